The molecule has 1 aliphatic rings. The lowest BCUT2D eigenvalue weighted by Gasteiger charge is -2.38. The largest absolute Gasteiger partial charge is 0.453 e. The third kappa shape index (κ3) is 3.85. The zero-order valence-corrected chi connectivity index (χ0v) is 14.7. The molecule has 2 atom stereocenters. The van der Waals surface area contributed by atoms with Crippen molar-refractivity contribution in [2.24, 2.45) is 0 Å². The van der Waals surface area contributed by atoms with E-state index >= 15 is 0 Å². The summed E-state index contributed by atoms with van der Waals surface area (Å²) in [7, 11) is -0.376. The Bertz CT molecular complexity index is 363. The lowest BCUT2D eigenvalue weighted by molar-refractivity contribution is 0.113. The predicted octanol–water partition coefficient (Wildman–Crippen LogP) is 3.79. The maximum Gasteiger partial charge on any atom is 0.409 e. The standard InChI is InChI=1S/C15H29NO3Si/c1-8-9-12-10-13(11-16(12)14(17)18-5)19-20(6,7)15(2,3)4/h8,12-13H,1,9-11H2,2-7H3/t12-,13+/m0/s1. The molecule has 20 heavy (non-hydrogen) atoms. The number of carbonyl (C=O) groups excluding carboxylic acids is 1. The first kappa shape index (κ1) is 17.2. The van der Waals surface area contributed by atoms with Crippen molar-refractivity contribution >= 4 is 14.4 Å². The van der Waals surface area contributed by atoms with Crippen molar-refractivity contribution in [1.82, 2.24) is 4.90 Å². The van der Waals surface area contributed by atoms with Gasteiger partial charge in [0.05, 0.1) is 13.2 Å². The Morgan fingerprint density at radius 3 is 2.50 bits per heavy atom. The molecule has 1 aliphatic heterocycles. The molecule has 0 unspecified atom stereocenters. The molecule has 1 amide bonds. The van der Waals surface area contributed by atoms with E-state index in [1.54, 1.807) is 4.90 Å². The Morgan fingerprint density at radius 1 is 1.45 bits per heavy atom. The number of methoxy groups -OCH3 is 1. The van der Waals surface area contributed by atoms with E-state index in [9.17, 15) is 4.79 Å². The number of hydrogen-bond acceptors (Lipinski definition) is 3. The highest BCUT2D eigenvalue weighted by Gasteiger charge is 2.43. The highest BCUT2D eigenvalue weighted by atomic mass is 28.4. The van der Waals surface area contributed by atoms with Gasteiger partial charge in [-0.1, -0.05) is 26.8 Å². The Morgan fingerprint density at radius 2 is 2.05 bits per heavy atom. The van der Waals surface area contributed by atoms with E-state index in [0.29, 0.717) is 6.54 Å². The minimum atomic E-state index is -1.80. The van der Waals surface area contributed by atoms with Crippen LogP contribution in [-0.2, 0) is 9.16 Å². The van der Waals surface area contributed by atoms with Gasteiger partial charge in [0.2, 0.25) is 0 Å². The molecule has 0 aromatic rings. The zero-order valence-electron chi connectivity index (χ0n) is 13.7. The Labute approximate surface area is 124 Å². The fraction of sp³-hybridized carbons (Fsp3) is 0.800. The van der Waals surface area contributed by atoms with E-state index in [1.807, 2.05) is 6.08 Å². The second-order valence-corrected chi connectivity index (χ2v) is 11.8. The molecular formula is C15H29NO3Si. The molecule has 0 saturated carbocycles. The fourth-order valence-electron chi connectivity index (χ4n) is 2.31. The van der Waals surface area contributed by atoms with Crippen molar-refractivity contribution in [1.29, 1.82) is 0 Å². The number of rotatable bonds is 4. The van der Waals surface area contributed by atoms with Crippen LogP contribution < -0.4 is 0 Å². The summed E-state index contributed by atoms with van der Waals surface area (Å²) in [5, 5.41) is 0.180. The third-order valence-electron chi connectivity index (χ3n) is 4.49. The van der Waals surface area contributed by atoms with Gasteiger partial charge in [0.1, 0.15) is 0 Å². The highest BCUT2D eigenvalue weighted by Crippen LogP contribution is 2.39. The summed E-state index contributed by atoms with van der Waals surface area (Å²) in [6, 6.07) is 0.148. The Balaban J connectivity index is 2.76. The van der Waals surface area contributed by atoms with Crippen LogP contribution in [0.4, 0.5) is 4.79 Å². The molecular weight excluding hydrogens is 270 g/mol. The molecule has 116 valence electrons. The normalized spacial score (nSPS) is 23.8. The van der Waals surface area contributed by atoms with Gasteiger partial charge in [-0.05, 0) is 31.0 Å². The number of carbonyl (C=O) groups is 1. The minimum Gasteiger partial charge on any atom is -0.453 e. The maximum atomic E-state index is 11.8. The van der Waals surface area contributed by atoms with Crippen molar-refractivity contribution < 1.29 is 14.0 Å². The van der Waals surface area contributed by atoms with Crippen LogP contribution in [0.2, 0.25) is 18.1 Å². The monoisotopic (exact) mass is 299 g/mol. The molecule has 0 radical (unpaired) electrons. The Kier molecular flexibility index (Phi) is 5.44. The summed E-state index contributed by atoms with van der Waals surface area (Å²) in [6.45, 7) is 15.6. The smallest absolute Gasteiger partial charge is 0.409 e. The summed E-state index contributed by atoms with van der Waals surface area (Å²) < 4.78 is 11.3. The average molecular weight is 299 g/mol. The van der Waals surface area contributed by atoms with Crippen LogP contribution >= 0.6 is 0 Å². The van der Waals surface area contributed by atoms with Crippen LogP contribution in [0, 0.1) is 0 Å². The second-order valence-electron chi connectivity index (χ2n) is 7.04. The van der Waals surface area contributed by atoms with E-state index in [-0.39, 0.29) is 23.3 Å². The Hall–Kier alpha value is -0.813. The number of ether oxygens (including phenoxy) is 1. The molecule has 0 bridgehead atoms. The fourth-order valence-corrected chi connectivity index (χ4v) is 3.67. The summed E-state index contributed by atoms with van der Waals surface area (Å²) in [5.41, 5.74) is 0. The molecule has 0 aromatic carbocycles. The quantitative estimate of drug-likeness (QED) is 0.585. The summed E-state index contributed by atoms with van der Waals surface area (Å²) in [6.07, 6.45) is 3.35. The summed E-state index contributed by atoms with van der Waals surface area (Å²) >= 11 is 0. The van der Waals surface area contributed by atoms with Crippen LogP contribution in [0.15, 0.2) is 12.7 Å². The second kappa shape index (κ2) is 6.31. The molecule has 4 nitrogen and oxygen atoms in total. The van der Waals surface area contributed by atoms with Gasteiger partial charge in [-0.2, -0.15) is 0 Å². The van der Waals surface area contributed by atoms with Crippen LogP contribution in [0.3, 0.4) is 0 Å². The van der Waals surface area contributed by atoms with Crippen LogP contribution in [0.25, 0.3) is 0 Å². The van der Waals surface area contributed by atoms with Gasteiger partial charge < -0.3 is 14.1 Å². The van der Waals surface area contributed by atoms with Gasteiger partial charge in [-0.15, -0.1) is 6.58 Å². The first-order valence-electron chi connectivity index (χ1n) is 7.25. The van der Waals surface area contributed by atoms with Crippen molar-refractivity contribution in [3.63, 3.8) is 0 Å². The summed E-state index contributed by atoms with van der Waals surface area (Å²) in [5.74, 6) is 0. The highest BCUT2D eigenvalue weighted by molar-refractivity contribution is 6.74. The number of amides is 1. The molecule has 0 aromatic heterocycles. The van der Waals surface area contributed by atoms with Crippen molar-refractivity contribution in [3.05, 3.63) is 12.7 Å². The average Bonchev–Trinajstić information content (AvgIpc) is 2.69. The van der Waals surface area contributed by atoms with Crippen LogP contribution in [0.5, 0.6) is 0 Å². The molecule has 1 fully saturated rings. The lowest BCUT2D eigenvalue weighted by atomic mass is 10.1. The minimum absolute atomic E-state index is 0.111. The molecule has 0 aliphatic carbocycles. The van der Waals surface area contributed by atoms with E-state index in [2.05, 4.69) is 40.4 Å². The van der Waals surface area contributed by atoms with Crippen LogP contribution in [0.1, 0.15) is 33.6 Å². The van der Waals surface area contributed by atoms with Gasteiger partial charge in [0.25, 0.3) is 0 Å². The first-order valence-corrected chi connectivity index (χ1v) is 10.2. The maximum absolute atomic E-state index is 11.8. The van der Waals surface area contributed by atoms with Crippen LogP contribution in [-0.4, -0.2) is 45.1 Å². The zero-order chi connectivity index (χ0) is 15.6. The lowest BCUT2D eigenvalue weighted by Crippen LogP contribution is -2.44. The SMILES string of the molecule is C=CC[C@H]1C[C@@H](O[Si](C)(C)C(C)(C)C)CN1C(=O)OC. The molecule has 5 heteroatoms. The van der Waals surface area contributed by atoms with Gasteiger partial charge in [0.15, 0.2) is 8.32 Å². The number of hydrogen-bond donors (Lipinski definition) is 0. The van der Waals surface area contributed by atoms with E-state index in [1.165, 1.54) is 7.11 Å². The van der Waals surface area contributed by atoms with Gasteiger partial charge >= 0.3 is 6.09 Å². The van der Waals surface area contributed by atoms with Gasteiger partial charge in [-0.25, -0.2) is 4.79 Å². The summed E-state index contributed by atoms with van der Waals surface area (Å²) in [4.78, 5) is 13.6. The topological polar surface area (TPSA) is 38.8 Å². The predicted molar refractivity (Wildman–Crippen MR) is 84.4 cm³/mol. The van der Waals surface area contributed by atoms with Gasteiger partial charge in [0, 0.05) is 12.6 Å². The molecule has 0 N–H and O–H groups in total. The van der Waals surface area contributed by atoms with E-state index < -0.39 is 8.32 Å². The molecule has 1 rings (SSSR count). The number of likely N-dealkylation sites (tertiary alicyclic amines) is 1. The first-order chi connectivity index (χ1) is 9.12. The van der Waals surface area contributed by atoms with Crippen molar-refractivity contribution in [3.8, 4) is 0 Å². The van der Waals surface area contributed by atoms with E-state index in [0.717, 1.165) is 12.8 Å². The molecule has 1 heterocycles. The number of nitrogens with zero attached hydrogens (tertiary/aromatic N) is 1. The van der Waals surface area contributed by atoms with Crippen molar-refractivity contribution in [2.75, 3.05) is 13.7 Å². The van der Waals surface area contributed by atoms with Gasteiger partial charge in [-0.3, -0.25) is 0 Å². The third-order valence-corrected chi connectivity index (χ3v) is 9.03. The molecule has 0 spiro atoms. The van der Waals surface area contributed by atoms with E-state index in [4.69, 9.17) is 9.16 Å². The van der Waals surface area contributed by atoms with Crippen molar-refractivity contribution in [2.45, 2.75) is 63.9 Å². The molecule has 1 saturated heterocycles.